The van der Waals surface area contributed by atoms with Gasteiger partial charge >= 0.3 is 0 Å². The van der Waals surface area contributed by atoms with Crippen LogP contribution in [0.25, 0.3) is 0 Å². The van der Waals surface area contributed by atoms with Crippen molar-refractivity contribution >= 4 is 11.8 Å². The van der Waals surface area contributed by atoms with Crippen LogP contribution >= 0.6 is 0 Å². The van der Waals surface area contributed by atoms with Crippen LogP contribution in [-0.4, -0.2) is 29.4 Å². The van der Waals surface area contributed by atoms with E-state index in [1.165, 1.54) is 11.1 Å². The maximum Gasteiger partial charge on any atom is 0.261 e. The van der Waals surface area contributed by atoms with Crippen LogP contribution in [0.5, 0.6) is 5.75 Å². The van der Waals surface area contributed by atoms with Crippen LogP contribution in [0.2, 0.25) is 0 Å². The Kier molecular flexibility index (Phi) is 6.82. The van der Waals surface area contributed by atoms with Crippen molar-refractivity contribution in [2.75, 3.05) is 6.54 Å². The Morgan fingerprint density at radius 1 is 1.00 bits per heavy atom. The molecule has 0 saturated heterocycles. The smallest absolute Gasteiger partial charge is 0.261 e. The van der Waals surface area contributed by atoms with Crippen molar-refractivity contribution in [2.45, 2.75) is 58.7 Å². The van der Waals surface area contributed by atoms with Crippen LogP contribution in [0, 0.1) is 19.8 Å². The summed E-state index contributed by atoms with van der Waals surface area (Å²) in [6.45, 7) is 7.07. The molecule has 5 heteroatoms. The quantitative estimate of drug-likeness (QED) is 0.499. The molecule has 3 aromatic carbocycles. The van der Waals surface area contributed by atoms with Crippen molar-refractivity contribution in [1.82, 2.24) is 10.2 Å². The first kappa shape index (κ1) is 24.1. The number of aryl methyl sites for hydroxylation is 2. The number of nitrogens with one attached hydrogen (secondary N) is 1. The molecular formula is C31H34N2O3. The lowest BCUT2D eigenvalue weighted by Crippen LogP contribution is -2.41. The summed E-state index contributed by atoms with van der Waals surface area (Å²) in [6.07, 6.45) is 2.16. The zero-order valence-electron chi connectivity index (χ0n) is 21.3. The standard InChI is InChI=1S/C31H34N2O3/c1-20-7-9-25(10-8-20)29-28-18-27(14-13-24(28)15-16-33(29)31(35)26-11-12-26)36-22(3)30(34)32-19-23-6-4-5-21(2)17-23/h4-10,13-14,17-18,22,26,29H,11-12,15-16,19H2,1-3H3,(H,32,34). The maximum absolute atomic E-state index is 13.2. The van der Waals surface area contributed by atoms with Gasteiger partial charge in [-0.2, -0.15) is 0 Å². The third-order valence-electron chi connectivity index (χ3n) is 7.18. The highest BCUT2D eigenvalue weighted by Gasteiger charge is 2.39. The molecule has 3 aromatic rings. The minimum atomic E-state index is -0.640. The molecule has 5 nitrogen and oxygen atoms in total. The number of ether oxygens (including phenoxy) is 1. The van der Waals surface area contributed by atoms with Gasteiger partial charge in [0.15, 0.2) is 6.10 Å². The average molecular weight is 483 g/mol. The number of hydrogen-bond acceptors (Lipinski definition) is 3. The first-order valence-electron chi connectivity index (χ1n) is 12.9. The second-order valence-electron chi connectivity index (χ2n) is 10.2. The first-order valence-corrected chi connectivity index (χ1v) is 12.9. The lowest BCUT2D eigenvalue weighted by atomic mass is 9.87. The predicted molar refractivity (Wildman–Crippen MR) is 141 cm³/mol. The minimum absolute atomic E-state index is 0.142. The molecule has 36 heavy (non-hydrogen) atoms. The van der Waals surface area contributed by atoms with Crippen LogP contribution in [0.4, 0.5) is 0 Å². The molecule has 186 valence electrons. The van der Waals surface area contributed by atoms with Crippen LogP contribution in [0.15, 0.2) is 66.7 Å². The van der Waals surface area contributed by atoms with Gasteiger partial charge in [-0.1, -0.05) is 65.7 Å². The van der Waals surface area contributed by atoms with E-state index in [0.29, 0.717) is 12.3 Å². The van der Waals surface area contributed by atoms with Crippen LogP contribution in [0.1, 0.15) is 59.2 Å². The summed E-state index contributed by atoms with van der Waals surface area (Å²) < 4.78 is 6.10. The highest BCUT2D eigenvalue weighted by molar-refractivity contribution is 5.82. The summed E-state index contributed by atoms with van der Waals surface area (Å²) in [5.41, 5.74) is 6.84. The molecule has 2 unspecified atom stereocenters. The Hall–Kier alpha value is -3.60. The Morgan fingerprint density at radius 3 is 2.50 bits per heavy atom. The maximum atomic E-state index is 13.2. The molecule has 2 aliphatic rings. The van der Waals surface area contributed by atoms with E-state index < -0.39 is 6.10 Å². The molecule has 1 heterocycles. The van der Waals surface area contributed by atoms with Crippen LogP contribution < -0.4 is 10.1 Å². The van der Waals surface area contributed by atoms with Crippen molar-refractivity contribution in [2.24, 2.45) is 5.92 Å². The molecule has 0 spiro atoms. The fraction of sp³-hybridized carbons (Fsp3) is 0.355. The van der Waals surface area contributed by atoms with E-state index in [2.05, 4.69) is 48.6 Å². The average Bonchev–Trinajstić information content (AvgIpc) is 3.72. The van der Waals surface area contributed by atoms with Crippen molar-refractivity contribution in [3.8, 4) is 5.75 Å². The lowest BCUT2D eigenvalue weighted by molar-refractivity contribution is -0.134. The summed E-state index contributed by atoms with van der Waals surface area (Å²) in [5.74, 6) is 0.900. The van der Waals surface area contributed by atoms with Gasteiger partial charge in [-0.25, -0.2) is 0 Å². The molecule has 0 radical (unpaired) electrons. The molecule has 0 aromatic heterocycles. The molecule has 1 N–H and O–H groups in total. The van der Waals surface area contributed by atoms with Crippen LogP contribution in [-0.2, 0) is 22.6 Å². The molecule has 5 rings (SSSR count). The van der Waals surface area contributed by atoms with Crippen molar-refractivity contribution < 1.29 is 14.3 Å². The molecule has 1 saturated carbocycles. The summed E-state index contributed by atoms with van der Waals surface area (Å²) >= 11 is 0. The third kappa shape index (κ3) is 5.30. The number of carbonyl (C=O) groups excluding carboxylic acids is 2. The van der Waals surface area contributed by atoms with Gasteiger partial charge in [0.25, 0.3) is 5.91 Å². The number of benzene rings is 3. The monoisotopic (exact) mass is 482 g/mol. The second-order valence-corrected chi connectivity index (χ2v) is 10.2. The SMILES string of the molecule is Cc1ccc(C2c3cc(OC(C)C(=O)NCc4cccc(C)c4)ccc3CCN2C(=O)C2CC2)cc1. The topological polar surface area (TPSA) is 58.6 Å². The van der Waals surface area contributed by atoms with E-state index in [1.807, 2.05) is 42.2 Å². The highest BCUT2D eigenvalue weighted by atomic mass is 16.5. The normalized spacial score (nSPS) is 17.8. The van der Waals surface area contributed by atoms with Crippen LogP contribution in [0.3, 0.4) is 0 Å². The Morgan fingerprint density at radius 2 is 1.78 bits per heavy atom. The lowest BCUT2D eigenvalue weighted by Gasteiger charge is -2.38. The first-order chi connectivity index (χ1) is 17.4. The fourth-order valence-corrected chi connectivity index (χ4v) is 4.99. The van der Waals surface area contributed by atoms with Gasteiger partial charge in [-0.05, 0) is 74.4 Å². The van der Waals surface area contributed by atoms with Gasteiger partial charge < -0.3 is 15.0 Å². The van der Waals surface area contributed by atoms with E-state index >= 15 is 0 Å². The van der Waals surface area contributed by atoms with Gasteiger partial charge in [0.05, 0.1) is 6.04 Å². The van der Waals surface area contributed by atoms with E-state index in [9.17, 15) is 9.59 Å². The van der Waals surface area contributed by atoms with Crippen molar-refractivity contribution in [3.05, 3.63) is 100 Å². The van der Waals surface area contributed by atoms with E-state index in [0.717, 1.165) is 48.1 Å². The summed E-state index contributed by atoms with van der Waals surface area (Å²) in [7, 11) is 0. The van der Waals surface area contributed by atoms with Gasteiger partial charge in [0.1, 0.15) is 5.75 Å². The molecule has 1 aliphatic heterocycles. The van der Waals surface area contributed by atoms with E-state index in [1.54, 1.807) is 6.92 Å². The number of amides is 2. The Balaban J connectivity index is 1.35. The summed E-state index contributed by atoms with van der Waals surface area (Å²) in [4.78, 5) is 28.0. The molecular weight excluding hydrogens is 448 g/mol. The number of nitrogens with zero attached hydrogens (tertiary/aromatic N) is 1. The predicted octanol–water partition coefficient (Wildman–Crippen LogP) is 5.27. The van der Waals surface area contributed by atoms with Crippen molar-refractivity contribution in [1.29, 1.82) is 0 Å². The number of carbonyl (C=O) groups is 2. The Bertz CT molecular complexity index is 1260. The van der Waals surface area contributed by atoms with E-state index in [4.69, 9.17) is 4.74 Å². The second kappa shape index (κ2) is 10.2. The molecule has 0 bridgehead atoms. The third-order valence-corrected chi connectivity index (χ3v) is 7.18. The fourth-order valence-electron chi connectivity index (χ4n) is 4.99. The minimum Gasteiger partial charge on any atom is -0.481 e. The molecule has 2 amide bonds. The summed E-state index contributed by atoms with van der Waals surface area (Å²) in [6, 6.07) is 22.4. The zero-order valence-corrected chi connectivity index (χ0v) is 21.3. The Labute approximate surface area is 213 Å². The summed E-state index contributed by atoms with van der Waals surface area (Å²) in [5, 5.41) is 2.97. The molecule has 2 atom stereocenters. The van der Waals surface area contributed by atoms with Crippen molar-refractivity contribution in [3.63, 3.8) is 0 Å². The number of rotatable bonds is 7. The van der Waals surface area contributed by atoms with Gasteiger partial charge in [-0.3, -0.25) is 9.59 Å². The largest absolute Gasteiger partial charge is 0.481 e. The van der Waals surface area contributed by atoms with Gasteiger partial charge in [0, 0.05) is 19.0 Å². The molecule has 1 fully saturated rings. The number of fused-ring (bicyclic) bond motifs is 1. The zero-order chi connectivity index (χ0) is 25.2. The van der Waals surface area contributed by atoms with Gasteiger partial charge in [0.2, 0.25) is 5.91 Å². The van der Waals surface area contributed by atoms with E-state index in [-0.39, 0.29) is 23.8 Å². The number of hydrogen-bond donors (Lipinski definition) is 1. The van der Waals surface area contributed by atoms with Gasteiger partial charge in [-0.15, -0.1) is 0 Å². The highest BCUT2D eigenvalue weighted by Crippen LogP contribution is 2.41. The molecule has 1 aliphatic carbocycles.